The molecule has 0 spiro atoms. The average Bonchev–Trinajstić information content (AvgIpc) is 3.52. The third-order valence-electron chi connectivity index (χ3n) is 12.7. The summed E-state index contributed by atoms with van der Waals surface area (Å²) in [5, 5.41) is 2.47. The largest absolute Gasteiger partial charge is 0.309 e. The number of para-hydroxylation sites is 3. The molecule has 0 aliphatic heterocycles. The normalized spacial score (nSPS) is 12.9. The Morgan fingerprint density at radius 3 is 1.45 bits per heavy atom. The standard InChI is InChI=1S/C59H49N/c1-58(2,3)43-38-36-41(37-39-43)44-24-10-14-33-53(44)60(55-35-16-12-26-47(55)49-30-19-32-52-57(49)50-27-9-13-31-51(50)59(52,4)5)54-34-15-11-25-46(54)48-29-18-23-42-22-17-28-45(56(42)48)40-20-7-6-8-21-40/h6-39H,1-5H3. The van der Waals surface area contributed by atoms with E-state index in [9.17, 15) is 0 Å². The van der Waals surface area contributed by atoms with Crippen molar-refractivity contribution in [1.82, 2.24) is 0 Å². The number of fused-ring (bicyclic) bond motifs is 4. The second-order valence-corrected chi connectivity index (χ2v) is 17.7. The van der Waals surface area contributed by atoms with E-state index < -0.39 is 0 Å². The zero-order chi connectivity index (χ0) is 41.0. The fraction of sp³-hybridized carbons (Fsp3) is 0.119. The van der Waals surface area contributed by atoms with E-state index in [2.05, 4.69) is 246 Å². The van der Waals surface area contributed by atoms with E-state index in [1.54, 1.807) is 0 Å². The van der Waals surface area contributed by atoms with E-state index in [0.29, 0.717) is 0 Å². The molecule has 0 atom stereocenters. The first-order chi connectivity index (χ1) is 29.2. The van der Waals surface area contributed by atoms with Crippen molar-refractivity contribution in [2.75, 3.05) is 4.90 Å². The van der Waals surface area contributed by atoms with Crippen LogP contribution in [0.1, 0.15) is 51.3 Å². The topological polar surface area (TPSA) is 3.24 Å². The molecule has 1 aliphatic rings. The van der Waals surface area contributed by atoms with Gasteiger partial charge in [0.05, 0.1) is 17.1 Å². The fourth-order valence-electron chi connectivity index (χ4n) is 9.65. The van der Waals surface area contributed by atoms with Crippen LogP contribution in [0.4, 0.5) is 17.1 Å². The molecule has 1 heteroatoms. The van der Waals surface area contributed by atoms with E-state index in [4.69, 9.17) is 0 Å². The maximum Gasteiger partial charge on any atom is 0.0540 e. The van der Waals surface area contributed by atoms with Crippen LogP contribution >= 0.6 is 0 Å². The van der Waals surface area contributed by atoms with Gasteiger partial charge in [0.1, 0.15) is 0 Å². The average molecular weight is 772 g/mol. The van der Waals surface area contributed by atoms with Gasteiger partial charge < -0.3 is 4.90 Å². The molecule has 0 saturated heterocycles. The molecule has 0 saturated carbocycles. The molecule has 0 unspecified atom stereocenters. The van der Waals surface area contributed by atoms with E-state index in [0.717, 1.165) is 17.1 Å². The van der Waals surface area contributed by atoms with Gasteiger partial charge in [-0.05, 0) is 90.0 Å². The molecule has 0 radical (unpaired) electrons. The van der Waals surface area contributed by atoms with Crippen molar-refractivity contribution in [3.63, 3.8) is 0 Å². The Morgan fingerprint density at radius 1 is 0.350 bits per heavy atom. The van der Waals surface area contributed by atoms with Crippen molar-refractivity contribution < 1.29 is 0 Å². The molecule has 1 nitrogen and oxygen atoms in total. The highest BCUT2D eigenvalue weighted by molar-refractivity contribution is 6.10. The molecular weight excluding hydrogens is 723 g/mol. The third kappa shape index (κ3) is 6.25. The van der Waals surface area contributed by atoms with Crippen LogP contribution in [-0.4, -0.2) is 0 Å². The zero-order valence-corrected chi connectivity index (χ0v) is 35.1. The highest BCUT2D eigenvalue weighted by Gasteiger charge is 2.37. The Kier molecular flexibility index (Phi) is 9.14. The van der Waals surface area contributed by atoms with Crippen LogP contribution in [-0.2, 0) is 10.8 Å². The Labute approximate surface area is 355 Å². The van der Waals surface area contributed by atoms with E-state index in [1.165, 1.54) is 83.1 Å². The van der Waals surface area contributed by atoms with Crippen LogP contribution in [0.3, 0.4) is 0 Å². The molecule has 0 bridgehead atoms. The minimum Gasteiger partial charge on any atom is -0.309 e. The summed E-state index contributed by atoms with van der Waals surface area (Å²) in [5.74, 6) is 0. The van der Waals surface area contributed by atoms with Crippen molar-refractivity contribution >= 4 is 27.8 Å². The summed E-state index contributed by atoms with van der Waals surface area (Å²) >= 11 is 0. The number of benzene rings is 9. The van der Waals surface area contributed by atoms with Gasteiger partial charge in [-0.2, -0.15) is 0 Å². The predicted molar refractivity (Wildman–Crippen MR) is 257 cm³/mol. The van der Waals surface area contributed by atoms with E-state index in [-0.39, 0.29) is 10.8 Å². The van der Waals surface area contributed by atoms with Crippen molar-refractivity contribution in [2.45, 2.75) is 45.4 Å². The Morgan fingerprint density at radius 2 is 0.800 bits per heavy atom. The molecule has 10 rings (SSSR count). The van der Waals surface area contributed by atoms with Crippen LogP contribution in [0.15, 0.2) is 206 Å². The van der Waals surface area contributed by atoms with Crippen LogP contribution in [0.2, 0.25) is 0 Å². The molecule has 1 aliphatic carbocycles. The molecule has 60 heavy (non-hydrogen) atoms. The summed E-state index contributed by atoms with van der Waals surface area (Å²) in [7, 11) is 0. The summed E-state index contributed by atoms with van der Waals surface area (Å²) in [6, 6.07) is 76.3. The molecule has 0 heterocycles. The molecule has 0 amide bonds. The quantitative estimate of drug-likeness (QED) is 0.156. The van der Waals surface area contributed by atoms with Crippen molar-refractivity contribution in [3.05, 3.63) is 223 Å². The van der Waals surface area contributed by atoms with Gasteiger partial charge in [0.25, 0.3) is 0 Å². The lowest BCUT2D eigenvalue weighted by molar-refractivity contribution is 0.590. The summed E-state index contributed by atoms with van der Waals surface area (Å²) in [6.07, 6.45) is 0. The predicted octanol–water partition coefficient (Wildman–Crippen LogP) is 16.6. The second kappa shape index (κ2) is 14.7. The summed E-state index contributed by atoms with van der Waals surface area (Å²) in [6.45, 7) is 11.6. The van der Waals surface area contributed by atoms with E-state index in [1.807, 2.05) is 0 Å². The maximum absolute atomic E-state index is 2.53. The third-order valence-corrected chi connectivity index (χ3v) is 12.7. The van der Waals surface area contributed by atoms with E-state index >= 15 is 0 Å². The summed E-state index contributed by atoms with van der Waals surface area (Å²) in [5.41, 5.74) is 19.6. The maximum atomic E-state index is 2.53. The van der Waals surface area contributed by atoms with Crippen LogP contribution in [0.5, 0.6) is 0 Å². The zero-order valence-electron chi connectivity index (χ0n) is 35.1. The van der Waals surface area contributed by atoms with Crippen LogP contribution in [0, 0.1) is 0 Å². The summed E-state index contributed by atoms with van der Waals surface area (Å²) in [4.78, 5) is 2.53. The fourth-order valence-corrected chi connectivity index (χ4v) is 9.65. The molecule has 0 aromatic heterocycles. The Bertz CT molecular complexity index is 3030. The number of nitrogens with zero attached hydrogens (tertiary/aromatic N) is 1. The smallest absolute Gasteiger partial charge is 0.0540 e. The van der Waals surface area contributed by atoms with Crippen molar-refractivity contribution in [2.24, 2.45) is 0 Å². The first kappa shape index (κ1) is 37.3. The SMILES string of the molecule is CC(C)(C)c1ccc(-c2ccccc2N(c2ccccc2-c2cccc3c2-c2ccccc2C3(C)C)c2ccccc2-c2cccc3cccc(-c4ccccc4)c23)cc1. The molecule has 0 fully saturated rings. The highest BCUT2D eigenvalue weighted by Crippen LogP contribution is 2.55. The second-order valence-electron chi connectivity index (χ2n) is 17.7. The Balaban J connectivity index is 1.27. The van der Waals surface area contributed by atoms with Gasteiger partial charge in [0, 0.05) is 22.1 Å². The van der Waals surface area contributed by atoms with Gasteiger partial charge in [-0.3, -0.25) is 0 Å². The Hall–Kier alpha value is -6.96. The van der Waals surface area contributed by atoms with Gasteiger partial charge in [0.15, 0.2) is 0 Å². The number of hydrogen-bond donors (Lipinski definition) is 0. The van der Waals surface area contributed by atoms with Gasteiger partial charge in [-0.25, -0.2) is 0 Å². The number of anilines is 3. The molecule has 0 N–H and O–H groups in total. The first-order valence-electron chi connectivity index (χ1n) is 21.2. The van der Waals surface area contributed by atoms with Crippen LogP contribution in [0.25, 0.3) is 66.4 Å². The lowest BCUT2D eigenvalue weighted by atomic mass is 9.82. The minimum atomic E-state index is -0.111. The van der Waals surface area contributed by atoms with Gasteiger partial charge in [-0.15, -0.1) is 0 Å². The first-order valence-corrected chi connectivity index (χ1v) is 21.2. The lowest BCUT2D eigenvalue weighted by Crippen LogP contribution is -2.15. The van der Waals surface area contributed by atoms with Gasteiger partial charge in [-0.1, -0.05) is 223 Å². The number of hydrogen-bond acceptors (Lipinski definition) is 1. The lowest BCUT2D eigenvalue weighted by Gasteiger charge is -2.32. The van der Waals surface area contributed by atoms with Gasteiger partial charge in [0.2, 0.25) is 0 Å². The van der Waals surface area contributed by atoms with Crippen LogP contribution < -0.4 is 4.90 Å². The molecule has 9 aromatic carbocycles. The molecular formula is C59H49N. The minimum absolute atomic E-state index is 0.0577. The number of rotatable bonds is 7. The molecule has 9 aromatic rings. The monoisotopic (exact) mass is 771 g/mol. The van der Waals surface area contributed by atoms with Crippen molar-refractivity contribution in [1.29, 1.82) is 0 Å². The highest BCUT2D eigenvalue weighted by atomic mass is 15.1. The summed E-state index contributed by atoms with van der Waals surface area (Å²) < 4.78 is 0. The van der Waals surface area contributed by atoms with Crippen molar-refractivity contribution in [3.8, 4) is 55.6 Å². The molecule has 290 valence electrons. The van der Waals surface area contributed by atoms with Gasteiger partial charge >= 0.3 is 0 Å².